The maximum absolute atomic E-state index is 13.0. The van der Waals surface area contributed by atoms with Crippen LogP contribution in [0.5, 0.6) is 11.5 Å². The average molecular weight is 467 g/mol. The van der Waals surface area contributed by atoms with Gasteiger partial charge in [0.25, 0.3) is 5.91 Å². The van der Waals surface area contributed by atoms with E-state index in [1.165, 1.54) is 18.4 Å². The highest BCUT2D eigenvalue weighted by atomic mass is 35.5. The predicted octanol–water partition coefficient (Wildman–Crippen LogP) is 4.12. The van der Waals surface area contributed by atoms with Gasteiger partial charge in [-0.05, 0) is 37.3 Å². The number of rotatable bonds is 8. The van der Waals surface area contributed by atoms with E-state index in [0.717, 1.165) is 6.42 Å². The third-order valence-corrected chi connectivity index (χ3v) is 6.05. The van der Waals surface area contributed by atoms with Crippen molar-refractivity contribution in [2.45, 2.75) is 33.1 Å². The number of anilines is 1. The monoisotopic (exact) mass is 466 g/mol. The first kappa shape index (κ1) is 23.3. The van der Waals surface area contributed by atoms with E-state index in [0.29, 0.717) is 65.7 Å². The van der Waals surface area contributed by atoms with Gasteiger partial charge in [0.05, 0.1) is 18.7 Å². The molecule has 2 heterocycles. The fraction of sp³-hybridized carbons (Fsp3) is 0.524. The maximum Gasteiger partial charge on any atom is 0.254 e. The van der Waals surface area contributed by atoms with Crippen molar-refractivity contribution in [3.63, 3.8) is 0 Å². The van der Waals surface area contributed by atoms with E-state index in [4.69, 9.17) is 21.1 Å². The third-order valence-electron chi connectivity index (χ3n) is 5.16. The second-order valence-electron chi connectivity index (χ2n) is 7.82. The molecule has 1 N–H and O–H groups in total. The van der Waals surface area contributed by atoms with Crippen LogP contribution >= 0.6 is 22.9 Å². The molecule has 0 atom stereocenters. The van der Waals surface area contributed by atoms with Gasteiger partial charge < -0.3 is 19.7 Å². The van der Waals surface area contributed by atoms with Crippen LogP contribution in [0, 0.1) is 11.8 Å². The molecule has 1 aliphatic rings. The van der Waals surface area contributed by atoms with Crippen molar-refractivity contribution < 1.29 is 19.1 Å². The minimum atomic E-state index is -0.164. The Balaban J connectivity index is 1.61. The highest BCUT2D eigenvalue weighted by molar-refractivity contribution is 7.13. The predicted molar refractivity (Wildman–Crippen MR) is 120 cm³/mol. The molecule has 1 aromatic heterocycles. The largest absolute Gasteiger partial charge is 0.493 e. The van der Waals surface area contributed by atoms with Gasteiger partial charge in [-0.3, -0.25) is 9.59 Å². The molecule has 1 aromatic carbocycles. The maximum atomic E-state index is 13.0. The van der Waals surface area contributed by atoms with Crippen molar-refractivity contribution in [3.8, 4) is 11.5 Å². The molecule has 0 radical (unpaired) electrons. The van der Waals surface area contributed by atoms with Crippen LogP contribution in [0.1, 0.15) is 43.5 Å². The van der Waals surface area contributed by atoms with Crippen LogP contribution in [-0.4, -0.2) is 53.7 Å². The van der Waals surface area contributed by atoms with Crippen LogP contribution in [0.4, 0.5) is 5.13 Å². The Morgan fingerprint density at radius 3 is 2.68 bits per heavy atom. The van der Waals surface area contributed by atoms with Crippen LogP contribution in [0.2, 0.25) is 5.02 Å². The van der Waals surface area contributed by atoms with Crippen molar-refractivity contribution in [1.29, 1.82) is 0 Å². The summed E-state index contributed by atoms with van der Waals surface area (Å²) in [6.45, 7) is 5.73. The Morgan fingerprint density at radius 2 is 2.06 bits per heavy atom. The number of piperidine rings is 1. The minimum absolute atomic E-state index is 0.0866. The molecule has 2 amide bonds. The summed E-state index contributed by atoms with van der Waals surface area (Å²) < 4.78 is 11.2. The Hall–Kier alpha value is -2.39. The smallest absolute Gasteiger partial charge is 0.254 e. The van der Waals surface area contributed by atoms with Crippen LogP contribution < -0.4 is 14.8 Å². The lowest BCUT2D eigenvalue weighted by molar-refractivity contribution is -0.121. The molecular formula is C21H27ClN4O4S. The molecule has 1 aliphatic heterocycles. The Morgan fingerprint density at radius 1 is 1.32 bits per heavy atom. The van der Waals surface area contributed by atoms with E-state index in [1.54, 1.807) is 22.5 Å². The number of aromatic nitrogens is 2. The molecule has 10 heteroatoms. The molecule has 0 spiro atoms. The van der Waals surface area contributed by atoms with Crippen LogP contribution in [0.3, 0.4) is 0 Å². The minimum Gasteiger partial charge on any atom is -0.493 e. The normalized spacial score (nSPS) is 14.5. The summed E-state index contributed by atoms with van der Waals surface area (Å²) in [5, 5.41) is 11.1. The third kappa shape index (κ3) is 6.07. The summed E-state index contributed by atoms with van der Waals surface area (Å²) in [6.07, 6.45) is 2.05. The Kier molecular flexibility index (Phi) is 8.09. The number of carbonyl (C=O) groups is 2. The highest BCUT2D eigenvalue weighted by Crippen LogP contribution is 2.37. The number of nitrogens with zero attached hydrogens (tertiary/aromatic N) is 3. The molecule has 3 rings (SSSR count). The van der Waals surface area contributed by atoms with Gasteiger partial charge in [0.2, 0.25) is 11.0 Å². The summed E-state index contributed by atoms with van der Waals surface area (Å²) in [7, 11) is 1.53. The fourth-order valence-electron chi connectivity index (χ4n) is 3.34. The second-order valence-corrected chi connectivity index (χ2v) is 9.06. The van der Waals surface area contributed by atoms with Crippen molar-refractivity contribution in [2.24, 2.45) is 11.8 Å². The summed E-state index contributed by atoms with van der Waals surface area (Å²) >= 11 is 7.68. The molecule has 31 heavy (non-hydrogen) atoms. The number of likely N-dealkylation sites (tertiary alicyclic amines) is 1. The average Bonchev–Trinajstić information content (AvgIpc) is 3.27. The summed E-state index contributed by atoms with van der Waals surface area (Å²) in [5.41, 5.74) is 2.01. The number of methoxy groups -OCH3 is 1. The number of hydrogen-bond acceptors (Lipinski definition) is 7. The zero-order valence-corrected chi connectivity index (χ0v) is 19.5. The number of hydrogen-bond donors (Lipinski definition) is 1. The fourth-order valence-corrected chi connectivity index (χ4v) is 4.06. The molecule has 168 valence electrons. The SMILES string of the molecule is COc1cc(C(=O)N2CCC(C(=O)Nc3nncs3)CC2)cc(Cl)c1OCCC(C)C. The Labute approximate surface area is 190 Å². The van der Waals surface area contributed by atoms with Gasteiger partial charge >= 0.3 is 0 Å². The van der Waals surface area contributed by atoms with Crippen molar-refractivity contribution >= 4 is 39.9 Å². The van der Waals surface area contributed by atoms with E-state index >= 15 is 0 Å². The van der Waals surface area contributed by atoms with Crippen molar-refractivity contribution in [3.05, 3.63) is 28.2 Å². The summed E-state index contributed by atoms with van der Waals surface area (Å²) in [6, 6.07) is 3.28. The van der Waals surface area contributed by atoms with Crippen molar-refractivity contribution in [1.82, 2.24) is 15.1 Å². The molecular weight excluding hydrogens is 440 g/mol. The number of ether oxygens (including phenoxy) is 2. The molecule has 1 fully saturated rings. The highest BCUT2D eigenvalue weighted by Gasteiger charge is 2.29. The Bertz CT molecular complexity index is 899. The van der Waals surface area contributed by atoms with Crippen molar-refractivity contribution in [2.75, 3.05) is 32.1 Å². The van der Waals surface area contributed by atoms with E-state index in [1.807, 2.05) is 0 Å². The summed E-state index contributed by atoms with van der Waals surface area (Å²) in [5.74, 6) is 1.00. The molecule has 0 bridgehead atoms. The topological polar surface area (TPSA) is 93.7 Å². The number of halogens is 1. The lowest BCUT2D eigenvalue weighted by Crippen LogP contribution is -2.41. The van der Waals surface area contributed by atoms with E-state index in [9.17, 15) is 9.59 Å². The number of benzene rings is 1. The number of amides is 2. The van der Waals surface area contributed by atoms with Gasteiger partial charge in [-0.15, -0.1) is 10.2 Å². The lowest BCUT2D eigenvalue weighted by atomic mass is 9.95. The first-order chi connectivity index (χ1) is 14.9. The first-order valence-electron chi connectivity index (χ1n) is 10.3. The van der Waals surface area contributed by atoms with Gasteiger partial charge in [-0.1, -0.05) is 36.8 Å². The van der Waals surface area contributed by atoms with Gasteiger partial charge in [0.15, 0.2) is 11.5 Å². The second kappa shape index (κ2) is 10.8. The molecule has 0 saturated carbocycles. The van der Waals surface area contributed by atoms with Gasteiger partial charge in [0.1, 0.15) is 5.51 Å². The standard InChI is InChI=1S/C21H27ClN4O4S/c1-13(2)6-9-30-18-16(22)10-15(11-17(18)29-3)20(28)26-7-4-14(5-8-26)19(27)24-21-25-23-12-31-21/h10-14H,4-9H2,1-3H3,(H,24,25,27). The zero-order valence-electron chi connectivity index (χ0n) is 17.9. The van der Waals surface area contributed by atoms with Gasteiger partial charge in [0, 0.05) is 24.6 Å². The van der Waals surface area contributed by atoms with E-state index in [2.05, 4.69) is 29.4 Å². The quantitative estimate of drug-likeness (QED) is 0.629. The van der Waals surface area contributed by atoms with Crippen LogP contribution in [-0.2, 0) is 4.79 Å². The summed E-state index contributed by atoms with van der Waals surface area (Å²) in [4.78, 5) is 27.1. The molecule has 2 aromatic rings. The first-order valence-corrected chi connectivity index (χ1v) is 11.5. The number of carbonyl (C=O) groups excluding carboxylic acids is 2. The van der Waals surface area contributed by atoms with E-state index < -0.39 is 0 Å². The van der Waals surface area contributed by atoms with Gasteiger partial charge in [-0.2, -0.15) is 0 Å². The molecule has 1 saturated heterocycles. The number of nitrogens with one attached hydrogen (secondary N) is 1. The van der Waals surface area contributed by atoms with E-state index in [-0.39, 0.29) is 17.7 Å². The molecule has 0 aliphatic carbocycles. The molecule has 0 unspecified atom stereocenters. The molecule has 8 nitrogen and oxygen atoms in total. The zero-order chi connectivity index (χ0) is 22.4. The van der Waals surface area contributed by atoms with Crippen LogP contribution in [0.25, 0.3) is 0 Å². The van der Waals surface area contributed by atoms with Gasteiger partial charge in [-0.25, -0.2) is 0 Å². The van der Waals surface area contributed by atoms with Crippen LogP contribution in [0.15, 0.2) is 17.6 Å². The lowest BCUT2D eigenvalue weighted by Gasteiger charge is -2.31.